The Morgan fingerprint density at radius 2 is 0.342 bits per heavy atom. The van der Waals surface area contributed by atoms with Crippen LogP contribution in [0.3, 0.4) is 0 Å². The zero-order chi connectivity index (χ0) is 84.6. The van der Waals surface area contributed by atoms with Gasteiger partial charge in [-0.1, -0.05) is 96.1 Å². The Balaban J connectivity index is 0.000000114. The van der Waals surface area contributed by atoms with Gasteiger partial charge >= 0.3 is 0 Å². The highest BCUT2D eigenvalue weighted by atomic mass is 14.7. The second-order valence-electron chi connectivity index (χ2n) is 29.9. The number of rotatable bonds is 0. The third-order valence-corrected chi connectivity index (χ3v) is 23.9. The van der Waals surface area contributed by atoms with Gasteiger partial charge in [0, 0.05) is 97.1 Å². The van der Waals surface area contributed by atoms with E-state index in [-0.39, 0.29) is 0 Å². The van der Waals surface area contributed by atoms with Crippen LogP contribution in [-0.4, -0.2) is 0 Å². The van der Waals surface area contributed by atoms with Crippen LogP contribution in [0.4, 0.5) is 17.1 Å². The number of nitrogens with zero attached hydrogens (tertiary/aromatic N) is 16. The highest BCUT2D eigenvalue weighted by molar-refractivity contribution is 6.42. The van der Waals surface area contributed by atoms with E-state index in [1.54, 1.807) is 54.6 Å². The summed E-state index contributed by atoms with van der Waals surface area (Å²) in [7, 11) is 0. The van der Waals surface area contributed by atoms with Crippen LogP contribution in [0.1, 0.15) is 117 Å². The van der Waals surface area contributed by atoms with Crippen LogP contribution in [0.25, 0.3) is 187 Å². The molecule has 16 nitrogen and oxygen atoms in total. The van der Waals surface area contributed by atoms with Crippen molar-refractivity contribution in [2.45, 2.75) is 55.4 Å². The third kappa shape index (κ3) is 10.1. The Bertz CT molecular complexity index is 8330. The molecule has 0 aliphatic rings. The van der Waals surface area contributed by atoms with Crippen molar-refractivity contribution in [3.63, 3.8) is 0 Å². The number of hydrogen-bond donors (Lipinski definition) is 0. The van der Waals surface area contributed by atoms with E-state index >= 15 is 0 Å². The Kier molecular flexibility index (Phi) is 17.1. The second-order valence-corrected chi connectivity index (χ2v) is 29.9. The van der Waals surface area contributed by atoms with Gasteiger partial charge in [-0.25, -0.2) is 14.5 Å². The second kappa shape index (κ2) is 27.7. The predicted molar refractivity (Wildman–Crippen MR) is 469 cm³/mol. The molecule has 0 N–H and O–H groups in total. The van der Waals surface area contributed by atoms with Crippen molar-refractivity contribution >= 4 is 189 Å². The minimum absolute atomic E-state index is 0.356. The Morgan fingerprint density at radius 3 is 0.642 bits per heavy atom. The molecule has 0 radical (unpaired) electrons. The Labute approximate surface area is 684 Å². The van der Waals surface area contributed by atoms with Crippen molar-refractivity contribution in [2.75, 3.05) is 0 Å². The SMILES string of the molecule is Cc1cc(C#N)c2c3c(C#N)cc(C#N)c4c(C)ccc(c5ccc(C#N)c1c52)c43.Cc1cc(C#N)c2c3ccc(C)c4c(C#N)cc(C#N)c(c5ccc(C#N)c1c52)c43.[C-]#[N+]c1cc(C)c2c(C#N)ccc3c4c(C#N)cc(C#N)c5c(C)ccc(c1c23)c54.[C-]#[N+]c1cc(C)c2c(C#N)ccc3c4ccc(C)c5c(C#N)cc([N+]#[C-])c(c1c23)c54. The van der Waals surface area contributed by atoms with Crippen LogP contribution in [-0.2, 0) is 0 Å². The van der Waals surface area contributed by atoms with E-state index in [2.05, 4.69) is 93.4 Å². The summed E-state index contributed by atoms with van der Waals surface area (Å²) >= 11 is 0. The summed E-state index contributed by atoms with van der Waals surface area (Å²) in [4.78, 5) is 11.3. The van der Waals surface area contributed by atoms with Crippen molar-refractivity contribution in [3.05, 3.63) is 297 Å². The summed E-state index contributed by atoms with van der Waals surface area (Å²) in [5.41, 5.74) is 14.7. The smallest absolute Gasteiger partial charge is 0.195 e. The molecule has 0 aliphatic heterocycles. The fourth-order valence-electron chi connectivity index (χ4n) is 19.3. The molecular weight excluding hydrogens is 1470 g/mol. The van der Waals surface area contributed by atoms with Crippen molar-refractivity contribution in [2.24, 2.45) is 0 Å². The lowest BCUT2D eigenvalue weighted by molar-refractivity contribution is 1.45. The van der Waals surface area contributed by atoms with Crippen LogP contribution in [0.5, 0.6) is 0 Å². The van der Waals surface area contributed by atoms with Crippen LogP contribution in [0.15, 0.2) is 146 Å². The minimum Gasteiger partial charge on any atom is -0.238 e. The summed E-state index contributed by atoms with van der Waals surface area (Å²) in [5.74, 6) is 0. The van der Waals surface area contributed by atoms with Crippen molar-refractivity contribution in [1.82, 2.24) is 0 Å². The number of fused-ring (bicyclic) bond motifs is 8. The van der Waals surface area contributed by atoms with Gasteiger partial charge in [0.25, 0.3) is 0 Å². The highest BCUT2D eigenvalue weighted by Crippen LogP contribution is 2.54. The van der Waals surface area contributed by atoms with E-state index in [0.29, 0.717) is 111 Å². The monoisotopic (exact) mass is 1520 g/mol. The quantitative estimate of drug-likeness (QED) is 0.0775. The van der Waals surface area contributed by atoms with Gasteiger partial charge < -0.3 is 0 Å². The van der Waals surface area contributed by atoms with Crippen LogP contribution >= 0.6 is 0 Å². The maximum Gasteiger partial charge on any atom is 0.195 e. The van der Waals surface area contributed by atoms with Crippen LogP contribution in [0, 0.1) is 222 Å². The molecule has 0 aromatic heterocycles. The summed E-state index contributed by atoms with van der Waals surface area (Å²) in [6.45, 7) is 38.8. The van der Waals surface area contributed by atoms with Gasteiger partial charge in [-0.2, -0.15) is 68.4 Å². The first-order chi connectivity index (χ1) is 58.2. The molecule has 16 heteroatoms. The van der Waals surface area contributed by atoms with Crippen molar-refractivity contribution in [3.8, 4) is 78.9 Å². The van der Waals surface area contributed by atoms with Gasteiger partial charge in [-0.3, -0.25) is 0 Å². The number of hydrogen-bond acceptors (Lipinski definition) is 13. The van der Waals surface area contributed by atoms with E-state index in [4.69, 9.17) is 19.7 Å². The molecule has 120 heavy (non-hydrogen) atoms. The van der Waals surface area contributed by atoms with E-state index in [1.807, 2.05) is 146 Å². The number of benzene rings is 20. The number of nitriles is 13. The predicted octanol–water partition coefficient (Wildman–Crippen LogP) is 25.4. The molecule has 0 amide bonds. The fourth-order valence-corrected chi connectivity index (χ4v) is 19.3. The standard InChI is InChI=1S/4C26H12N4/c1-13-5-7-17-18-8-6-15(11-27)22-14(2)9-19(29-3)25(24(18)22)26-20(30-4)10-16(12-28)21(13)23(17)26;1-13-4-6-19-24-20(30-3)8-14(2)22-15(10-27)5-7-18(26(22)24)23-17(12-29)9-16(11-28)21(13)25(19)23;1-13-3-5-19-23-16(10-28)7-14(2)22-15(9-27)4-6-20(26(22)23)24-18(12-30)8-17(11-29)21(13)25(19)24;1-13-3-5-19-20-6-4-15(9-27)22-14(2)7-16(10-28)23(26(20)22)24-18(12-30)8-17(11-29)21(13)25(19)24/h5-10H,1-2H3;4-9H,1-2H3;2*3-8H,1-2H3. The van der Waals surface area contributed by atoms with Crippen LogP contribution in [0.2, 0.25) is 0 Å². The first-order valence-corrected chi connectivity index (χ1v) is 37.4. The molecular formula is C104H48N16. The first kappa shape index (κ1) is 74.2. The molecule has 20 aromatic rings. The molecule has 0 aliphatic carbocycles. The van der Waals surface area contributed by atoms with Gasteiger partial charge in [0.2, 0.25) is 0 Å². The fraction of sp³-hybridized carbons (Fsp3) is 0.0769. The van der Waals surface area contributed by atoms with Gasteiger partial charge in [0.15, 0.2) is 17.1 Å². The third-order valence-electron chi connectivity index (χ3n) is 23.9. The molecule has 544 valence electrons. The molecule has 0 unspecified atom stereocenters. The summed E-state index contributed by atoms with van der Waals surface area (Å²) < 4.78 is 0. The van der Waals surface area contributed by atoms with Gasteiger partial charge in [-0.15, -0.1) is 0 Å². The zero-order valence-corrected chi connectivity index (χ0v) is 65.0. The lowest BCUT2D eigenvalue weighted by Crippen LogP contribution is -1.98. The first-order valence-electron chi connectivity index (χ1n) is 37.4. The van der Waals surface area contributed by atoms with Crippen molar-refractivity contribution < 1.29 is 0 Å². The molecule has 0 saturated heterocycles. The zero-order valence-electron chi connectivity index (χ0n) is 65.0. The van der Waals surface area contributed by atoms with Gasteiger partial charge in [0.05, 0.1) is 165 Å². The largest absolute Gasteiger partial charge is 0.238 e. The molecule has 20 rings (SSSR count). The maximum absolute atomic E-state index is 9.95. The summed E-state index contributed by atoms with van der Waals surface area (Å²) in [5, 5.41) is 153. The molecule has 20 aromatic carbocycles. The lowest BCUT2D eigenvalue weighted by Gasteiger charge is -2.20. The molecule has 0 fully saturated rings. The van der Waals surface area contributed by atoms with Crippen LogP contribution < -0.4 is 0 Å². The van der Waals surface area contributed by atoms with E-state index in [1.165, 1.54) is 0 Å². The Hall–Kier alpha value is -18.6. The lowest BCUT2D eigenvalue weighted by atomic mass is 9.82. The topological polar surface area (TPSA) is 322 Å². The normalized spacial score (nSPS) is 10.9. The van der Waals surface area contributed by atoms with Gasteiger partial charge in [-0.05, 0) is 230 Å². The van der Waals surface area contributed by atoms with Gasteiger partial charge in [0.1, 0.15) is 0 Å². The minimum atomic E-state index is 0.356. The highest BCUT2D eigenvalue weighted by Gasteiger charge is 2.30. The van der Waals surface area contributed by atoms with Crippen molar-refractivity contribution in [1.29, 1.82) is 68.4 Å². The maximum atomic E-state index is 9.95. The molecule has 0 bridgehead atoms. The molecule has 0 atom stereocenters. The Morgan fingerprint density at radius 1 is 0.158 bits per heavy atom. The molecule has 0 spiro atoms. The average molecular weight is 1520 g/mol. The summed E-state index contributed by atoms with van der Waals surface area (Å²) in [6.07, 6.45) is 0. The van der Waals surface area contributed by atoms with E-state index < -0.39 is 0 Å². The number of aryl methyl sites for hydroxylation is 8. The molecule has 0 heterocycles. The molecule has 0 saturated carbocycles. The van der Waals surface area contributed by atoms with E-state index in [0.717, 1.165) is 195 Å². The van der Waals surface area contributed by atoms with E-state index in [9.17, 15) is 68.4 Å². The summed E-state index contributed by atoms with van der Waals surface area (Å²) in [6, 6.07) is 73.6. The average Bonchev–Trinajstić information content (AvgIpc) is 0.713.